The summed E-state index contributed by atoms with van der Waals surface area (Å²) in [5.74, 6) is 0.922. The maximum atomic E-state index is 12.1. The van der Waals surface area contributed by atoms with Crippen molar-refractivity contribution in [2.75, 3.05) is 14.2 Å². The highest BCUT2D eigenvalue weighted by Crippen LogP contribution is 2.25. The predicted octanol–water partition coefficient (Wildman–Crippen LogP) is 5.00. The second-order valence-corrected chi connectivity index (χ2v) is 6.45. The van der Waals surface area contributed by atoms with Crippen LogP contribution in [0.5, 0.6) is 11.5 Å². The van der Waals surface area contributed by atoms with Crippen molar-refractivity contribution in [2.45, 2.75) is 13.2 Å². The Morgan fingerprint density at radius 2 is 1.47 bits per heavy atom. The largest absolute Gasteiger partial charge is 0.503 e. The molecule has 154 valence electrons. The van der Waals surface area contributed by atoms with E-state index in [1.54, 1.807) is 0 Å². The Labute approximate surface area is 176 Å². The Kier molecular flexibility index (Phi) is 7.50. The molecule has 0 fully saturated rings. The minimum Gasteiger partial charge on any atom is -0.503 e. The number of methoxy groups -OCH3 is 2. The van der Waals surface area contributed by atoms with Gasteiger partial charge in [0.05, 0.1) is 20.5 Å². The third-order valence-corrected chi connectivity index (χ3v) is 4.40. The lowest BCUT2D eigenvalue weighted by Gasteiger charge is -2.13. The summed E-state index contributed by atoms with van der Waals surface area (Å²) in [4.78, 5) is 12.1. The van der Waals surface area contributed by atoms with Crippen molar-refractivity contribution in [1.29, 1.82) is 0 Å². The van der Waals surface area contributed by atoms with Gasteiger partial charge in [0.25, 0.3) is 0 Å². The van der Waals surface area contributed by atoms with Crippen LogP contribution >= 0.6 is 0 Å². The van der Waals surface area contributed by atoms with E-state index in [1.807, 2.05) is 78.9 Å². The molecule has 0 aliphatic heterocycles. The zero-order valence-corrected chi connectivity index (χ0v) is 17.0. The number of benzene rings is 3. The van der Waals surface area contributed by atoms with E-state index >= 15 is 0 Å². The molecule has 0 aliphatic rings. The lowest BCUT2D eigenvalue weighted by Crippen LogP contribution is -2.08. The van der Waals surface area contributed by atoms with E-state index in [-0.39, 0.29) is 6.61 Å². The maximum absolute atomic E-state index is 12.1. The van der Waals surface area contributed by atoms with Crippen molar-refractivity contribution in [1.82, 2.24) is 0 Å². The zero-order valence-electron chi connectivity index (χ0n) is 17.0. The van der Waals surface area contributed by atoms with Crippen molar-refractivity contribution in [2.24, 2.45) is 0 Å². The van der Waals surface area contributed by atoms with Gasteiger partial charge in [-0.05, 0) is 28.8 Å². The molecule has 5 nitrogen and oxygen atoms in total. The van der Waals surface area contributed by atoms with Gasteiger partial charge in [-0.3, -0.25) is 0 Å². The van der Waals surface area contributed by atoms with Crippen molar-refractivity contribution >= 4 is 11.5 Å². The van der Waals surface area contributed by atoms with E-state index in [4.69, 9.17) is 18.9 Å². The molecule has 3 rings (SSSR count). The number of esters is 1. The topological polar surface area (TPSA) is 54.0 Å². The lowest BCUT2D eigenvalue weighted by molar-refractivity contribution is -0.133. The molecule has 0 bridgehead atoms. The molecule has 0 spiro atoms. The van der Waals surface area contributed by atoms with Crippen molar-refractivity contribution in [3.63, 3.8) is 0 Å². The Balaban J connectivity index is 1.70. The average molecular weight is 404 g/mol. The van der Waals surface area contributed by atoms with Crippen LogP contribution in [-0.2, 0) is 27.5 Å². The summed E-state index contributed by atoms with van der Waals surface area (Å²) in [5, 5.41) is 0. The van der Waals surface area contributed by atoms with Gasteiger partial charge < -0.3 is 18.9 Å². The van der Waals surface area contributed by atoms with Crippen molar-refractivity contribution < 1.29 is 23.7 Å². The average Bonchev–Trinajstić information content (AvgIpc) is 2.80. The van der Waals surface area contributed by atoms with Gasteiger partial charge in [0, 0.05) is 6.07 Å². The smallest absolute Gasteiger partial charge is 0.341 e. The van der Waals surface area contributed by atoms with E-state index in [9.17, 15) is 4.79 Å². The van der Waals surface area contributed by atoms with Gasteiger partial charge in [-0.25, -0.2) is 4.79 Å². The molecule has 0 N–H and O–H groups in total. The molecule has 0 saturated heterocycles. The van der Waals surface area contributed by atoms with Gasteiger partial charge in [0.1, 0.15) is 30.3 Å². The van der Waals surface area contributed by atoms with Crippen LogP contribution in [0.1, 0.15) is 16.7 Å². The van der Waals surface area contributed by atoms with Gasteiger partial charge in [0.2, 0.25) is 0 Å². The van der Waals surface area contributed by atoms with Gasteiger partial charge in [-0.15, -0.1) is 0 Å². The Morgan fingerprint density at radius 1 is 0.800 bits per heavy atom. The monoisotopic (exact) mass is 404 g/mol. The summed E-state index contributed by atoms with van der Waals surface area (Å²) >= 11 is 0. The van der Waals surface area contributed by atoms with Crippen LogP contribution < -0.4 is 9.47 Å². The summed E-state index contributed by atoms with van der Waals surface area (Å²) in [5.41, 5.74) is 2.96. The third-order valence-electron chi connectivity index (χ3n) is 4.40. The maximum Gasteiger partial charge on any atom is 0.341 e. The fourth-order valence-corrected chi connectivity index (χ4v) is 2.91. The number of ether oxygens (including phenoxy) is 4. The molecule has 0 aliphatic carbocycles. The first-order chi connectivity index (χ1) is 14.7. The van der Waals surface area contributed by atoms with Crippen LogP contribution in [0.4, 0.5) is 0 Å². The van der Waals surface area contributed by atoms with E-state index in [2.05, 4.69) is 0 Å². The van der Waals surface area contributed by atoms with Crippen LogP contribution in [0.2, 0.25) is 0 Å². The van der Waals surface area contributed by atoms with Crippen LogP contribution in [0, 0.1) is 0 Å². The SMILES string of the molecule is CO/C=C(\C(=O)OC)c1ccccc1COc1cccc(OCc2ccccc2)c1. The number of rotatable bonds is 9. The number of carbonyl (C=O) groups is 1. The molecule has 0 amide bonds. The molecular weight excluding hydrogens is 380 g/mol. The molecule has 5 heteroatoms. The van der Waals surface area contributed by atoms with Crippen LogP contribution in [0.25, 0.3) is 5.57 Å². The molecule has 0 unspecified atom stereocenters. The highest BCUT2D eigenvalue weighted by Gasteiger charge is 2.17. The third kappa shape index (κ3) is 5.64. The first kappa shape index (κ1) is 21.0. The number of hydrogen-bond donors (Lipinski definition) is 0. The first-order valence-corrected chi connectivity index (χ1v) is 9.50. The minimum atomic E-state index is -0.472. The van der Waals surface area contributed by atoms with E-state index in [0.29, 0.717) is 23.5 Å². The zero-order chi connectivity index (χ0) is 21.2. The fraction of sp³-hybridized carbons (Fsp3) is 0.160. The molecule has 0 aromatic heterocycles. The molecular formula is C25H24O5. The summed E-state index contributed by atoms with van der Waals surface area (Å²) in [6.45, 7) is 0.758. The van der Waals surface area contributed by atoms with Crippen molar-refractivity contribution in [3.05, 3.63) is 102 Å². The fourth-order valence-electron chi connectivity index (χ4n) is 2.91. The van der Waals surface area contributed by atoms with Gasteiger partial charge in [-0.2, -0.15) is 0 Å². The van der Waals surface area contributed by atoms with Gasteiger partial charge in [-0.1, -0.05) is 60.7 Å². The summed E-state index contributed by atoms with van der Waals surface area (Å²) in [6.07, 6.45) is 1.38. The second-order valence-electron chi connectivity index (χ2n) is 6.45. The van der Waals surface area contributed by atoms with E-state index in [1.165, 1.54) is 20.5 Å². The second kappa shape index (κ2) is 10.7. The molecule has 0 heterocycles. The molecule has 0 saturated carbocycles. The summed E-state index contributed by atoms with van der Waals surface area (Å²) in [6, 6.07) is 24.9. The molecule has 0 radical (unpaired) electrons. The minimum absolute atomic E-state index is 0.274. The molecule has 30 heavy (non-hydrogen) atoms. The Bertz CT molecular complexity index is 995. The number of hydrogen-bond acceptors (Lipinski definition) is 5. The molecule has 0 atom stereocenters. The van der Waals surface area contributed by atoms with Crippen LogP contribution in [0.3, 0.4) is 0 Å². The predicted molar refractivity (Wildman–Crippen MR) is 115 cm³/mol. The highest BCUT2D eigenvalue weighted by molar-refractivity contribution is 6.16. The summed E-state index contributed by atoms with van der Waals surface area (Å²) in [7, 11) is 2.83. The Morgan fingerprint density at radius 3 is 2.17 bits per heavy atom. The summed E-state index contributed by atoms with van der Waals surface area (Å²) < 4.78 is 21.8. The van der Waals surface area contributed by atoms with Gasteiger partial charge in [0.15, 0.2) is 0 Å². The van der Waals surface area contributed by atoms with Crippen molar-refractivity contribution in [3.8, 4) is 11.5 Å². The Hall–Kier alpha value is -3.73. The van der Waals surface area contributed by atoms with E-state index < -0.39 is 5.97 Å². The van der Waals surface area contributed by atoms with Crippen LogP contribution in [-0.4, -0.2) is 20.2 Å². The number of carbonyl (C=O) groups excluding carboxylic acids is 1. The van der Waals surface area contributed by atoms with E-state index in [0.717, 1.165) is 16.9 Å². The standard InChI is InChI=1S/C25H24O5/c1-27-18-24(25(26)28-2)23-14-7-6-11-20(23)17-30-22-13-8-12-21(15-22)29-16-19-9-4-3-5-10-19/h3-15,18H,16-17H2,1-2H3/b24-18-. The van der Waals surface area contributed by atoms with Crippen LogP contribution in [0.15, 0.2) is 85.1 Å². The lowest BCUT2D eigenvalue weighted by atomic mass is 10.0. The quantitative estimate of drug-likeness (QED) is 0.285. The van der Waals surface area contributed by atoms with Gasteiger partial charge >= 0.3 is 5.97 Å². The molecule has 3 aromatic carbocycles. The normalized spacial score (nSPS) is 10.9. The highest BCUT2D eigenvalue weighted by atomic mass is 16.5. The first-order valence-electron chi connectivity index (χ1n) is 9.50. The molecule has 3 aromatic rings.